The normalized spacial score (nSPS) is 30.2. The third-order valence-corrected chi connectivity index (χ3v) is 7.24. The van der Waals surface area contributed by atoms with Crippen molar-refractivity contribution in [3.05, 3.63) is 71.8 Å². The summed E-state index contributed by atoms with van der Waals surface area (Å²) < 4.78 is 5.96. The molecule has 0 aromatic heterocycles. The van der Waals surface area contributed by atoms with Crippen molar-refractivity contribution >= 4 is 5.97 Å². The number of carbonyl (C=O) groups is 1. The lowest BCUT2D eigenvalue weighted by Crippen LogP contribution is -2.55. The van der Waals surface area contributed by atoms with Crippen molar-refractivity contribution in [2.24, 2.45) is 5.92 Å². The Hall–Kier alpha value is -2.83. The SMILES string of the molecule is C[C@H]1CC(C#Cc2ccc(-c3ccccc3)cc2)C2=CC(=O)O[C@]2(C)C2CCCCN21. The van der Waals surface area contributed by atoms with E-state index in [9.17, 15) is 4.79 Å². The van der Waals surface area contributed by atoms with Gasteiger partial charge in [-0.05, 0) is 68.5 Å². The van der Waals surface area contributed by atoms with E-state index in [2.05, 4.69) is 79.1 Å². The van der Waals surface area contributed by atoms with E-state index in [0.717, 1.165) is 30.5 Å². The highest BCUT2D eigenvalue weighted by atomic mass is 16.6. The number of hydrogen-bond donors (Lipinski definition) is 0. The van der Waals surface area contributed by atoms with Crippen molar-refractivity contribution in [1.82, 2.24) is 4.90 Å². The summed E-state index contributed by atoms with van der Waals surface area (Å²) in [5, 5.41) is 0. The van der Waals surface area contributed by atoms with Gasteiger partial charge in [0.2, 0.25) is 0 Å². The lowest BCUT2D eigenvalue weighted by Gasteiger charge is -2.45. The average Bonchev–Trinajstić information content (AvgIpc) is 3.08. The molecule has 2 saturated heterocycles. The molecule has 3 heterocycles. The molecule has 3 aliphatic heterocycles. The van der Waals surface area contributed by atoms with E-state index in [4.69, 9.17) is 4.74 Å². The first-order valence-electron chi connectivity index (χ1n) is 11.4. The number of carbonyl (C=O) groups excluding carboxylic acids is 1. The van der Waals surface area contributed by atoms with E-state index in [1.165, 1.54) is 24.0 Å². The highest BCUT2D eigenvalue weighted by molar-refractivity contribution is 5.87. The van der Waals surface area contributed by atoms with E-state index in [-0.39, 0.29) is 17.9 Å². The fourth-order valence-corrected chi connectivity index (χ4v) is 5.63. The molecular formula is C28H29NO2. The van der Waals surface area contributed by atoms with Crippen LogP contribution in [0.5, 0.6) is 0 Å². The van der Waals surface area contributed by atoms with E-state index >= 15 is 0 Å². The number of benzene rings is 2. The summed E-state index contributed by atoms with van der Waals surface area (Å²) in [5.41, 5.74) is 3.92. The molecule has 2 aromatic carbocycles. The van der Waals surface area contributed by atoms with E-state index in [0.29, 0.717) is 6.04 Å². The minimum atomic E-state index is -0.557. The molecule has 3 aliphatic rings. The van der Waals surface area contributed by atoms with Gasteiger partial charge < -0.3 is 4.74 Å². The van der Waals surface area contributed by atoms with Crippen molar-refractivity contribution < 1.29 is 9.53 Å². The Morgan fingerprint density at radius 2 is 1.77 bits per heavy atom. The van der Waals surface area contributed by atoms with Gasteiger partial charge in [0.05, 0.1) is 6.04 Å². The second-order valence-electron chi connectivity index (χ2n) is 9.23. The number of fused-ring (bicyclic) bond motifs is 3. The van der Waals surface area contributed by atoms with Crippen molar-refractivity contribution in [1.29, 1.82) is 0 Å². The third-order valence-electron chi connectivity index (χ3n) is 7.24. The van der Waals surface area contributed by atoms with Gasteiger partial charge in [0.1, 0.15) is 5.60 Å². The smallest absolute Gasteiger partial charge is 0.331 e. The summed E-state index contributed by atoms with van der Waals surface area (Å²) >= 11 is 0. The molecule has 2 fully saturated rings. The van der Waals surface area contributed by atoms with Crippen molar-refractivity contribution in [2.75, 3.05) is 6.54 Å². The minimum absolute atomic E-state index is 0.0332. The van der Waals surface area contributed by atoms with Crippen molar-refractivity contribution in [2.45, 2.75) is 57.2 Å². The molecule has 3 heteroatoms. The number of rotatable bonds is 1. The molecule has 158 valence electrons. The van der Waals surface area contributed by atoms with Gasteiger partial charge in [-0.25, -0.2) is 4.79 Å². The first-order valence-corrected chi connectivity index (χ1v) is 11.4. The van der Waals surface area contributed by atoms with Gasteiger partial charge in [-0.2, -0.15) is 0 Å². The Kier molecular flexibility index (Phi) is 5.20. The maximum Gasteiger partial charge on any atom is 0.331 e. The molecule has 0 amide bonds. The maximum atomic E-state index is 12.3. The molecule has 2 aromatic rings. The molecule has 0 aliphatic carbocycles. The lowest BCUT2D eigenvalue weighted by molar-refractivity contribution is -0.151. The molecule has 0 radical (unpaired) electrons. The highest BCUT2D eigenvalue weighted by Crippen LogP contribution is 2.46. The zero-order valence-corrected chi connectivity index (χ0v) is 18.3. The van der Waals surface area contributed by atoms with Crippen molar-refractivity contribution in [3.8, 4) is 23.0 Å². The van der Waals surface area contributed by atoms with Crippen LogP contribution in [-0.4, -0.2) is 35.1 Å². The molecule has 4 atom stereocenters. The molecular weight excluding hydrogens is 382 g/mol. The predicted octanol–water partition coefficient (Wildman–Crippen LogP) is 5.21. The zero-order valence-electron chi connectivity index (χ0n) is 18.3. The Morgan fingerprint density at radius 1 is 1.03 bits per heavy atom. The lowest BCUT2D eigenvalue weighted by atomic mass is 9.79. The summed E-state index contributed by atoms with van der Waals surface area (Å²) in [4.78, 5) is 14.9. The predicted molar refractivity (Wildman–Crippen MR) is 123 cm³/mol. The van der Waals surface area contributed by atoms with Gasteiger partial charge in [0.25, 0.3) is 0 Å². The average molecular weight is 412 g/mol. The second-order valence-corrected chi connectivity index (χ2v) is 9.23. The summed E-state index contributed by atoms with van der Waals surface area (Å²) in [5.74, 6) is 6.73. The molecule has 5 rings (SSSR count). The van der Waals surface area contributed by atoms with Crippen molar-refractivity contribution in [3.63, 3.8) is 0 Å². The molecule has 0 saturated carbocycles. The van der Waals surface area contributed by atoms with Crippen LogP contribution in [0.25, 0.3) is 11.1 Å². The largest absolute Gasteiger partial charge is 0.450 e. The Balaban J connectivity index is 1.44. The Bertz CT molecular complexity index is 1060. The monoisotopic (exact) mass is 411 g/mol. The summed E-state index contributed by atoms with van der Waals surface area (Å²) in [6.45, 7) is 5.48. The van der Waals surface area contributed by atoms with E-state index in [1.807, 2.05) is 6.07 Å². The Labute approximate surface area is 185 Å². The molecule has 0 bridgehead atoms. The number of esters is 1. The standard InChI is InChI=1S/C28H29NO2/c1-20-18-24(16-13-21-11-14-23(15-12-21)22-8-4-3-5-9-22)25-19-27(30)31-28(25,2)26-10-6-7-17-29(20)26/h3-5,8-9,11-12,14-15,19-20,24,26H,6-7,10,17-18H2,1-2H3/t20-,24?,26?,28-/m0/s1. The molecule has 0 N–H and O–H groups in total. The van der Waals surface area contributed by atoms with Gasteiger partial charge >= 0.3 is 5.97 Å². The van der Waals surface area contributed by atoms with Crippen LogP contribution >= 0.6 is 0 Å². The fraction of sp³-hybridized carbons (Fsp3) is 0.393. The first kappa shape index (κ1) is 20.1. The molecule has 0 spiro atoms. The number of hydrogen-bond acceptors (Lipinski definition) is 3. The van der Waals surface area contributed by atoms with Gasteiger partial charge in [-0.3, -0.25) is 4.90 Å². The van der Waals surface area contributed by atoms with Crippen LogP contribution in [0.4, 0.5) is 0 Å². The minimum Gasteiger partial charge on any atom is -0.450 e. The van der Waals surface area contributed by atoms with Gasteiger partial charge in [0.15, 0.2) is 0 Å². The quantitative estimate of drug-likeness (QED) is 0.477. The van der Waals surface area contributed by atoms with Crippen LogP contribution in [0, 0.1) is 17.8 Å². The van der Waals surface area contributed by atoms with E-state index < -0.39 is 5.60 Å². The van der Waals surface area contributed by atoms with Crippen LogP contribution in [0.2, 0.25) is 0 Å². The highest BCUT2D eigenvalue weighted by Gasteiger charge is 2.53. The maximum absolute atomic E-state index is 12.3. The van der Waals surface area contributed by atoms with E-state index in [1.54, 1.807) is 6.08 Å². The van der Waals surface area contributed by atoms with Gasteiger partial charge in [-0.1, -0.05) is 60.7 Å². The molecule has 2 unspecified atom stereocenters. The molecule has 3 nitrogen and oxygen atoms in total. The van der Waals surface area contributed by atoms with Crippen LogP contribution in [0.15, 0.2) is 66.2 Å². The number of nitrogens with zero attached hydrogens (tertiary/aromatic N) is 1. The summed E-state index contributed by atoms with van der Waals surface area (Å²) in [6, 6.07) is 19.5. The fourth-order valence-electron chi connectivity index (χ4n) is 5.63. The second kappa shape index (κ2) is 8.02. The van der Waals surface area contributed by atoms with Crippen LogP contribution < -0.4 is 0 Å². The summed E-state index contributed by atoms with van der Waals surface area (Å²) in [7, 11) is 0. The zero-order chi connectivity index (χ0) is 21.4. The number of piperidine rings is 1. The topological polar surface area (TPSA) is 29.5 Å². The first-order chi connectivity index (χ1) is 15.0. The summed E-state index contributed by atoms with van der Waals surface area (Å²) in [6.07, 6.45) is 6.14. The Morgan fingerprint density at radius 3 is 2.55 bits per heavy atom. The van der Waals surface area contributed by atoms with Gasteiger partial charge in [-0.15, -0.1) is 0 Å². The van der Waals surface area contributed by atoms with Crippen LogP contribution in [0.1, 0.15) is 45.1 Å². The van der Waals surface area contributed by atoms with Crippen LogP contribution in [-0.2, 0) is 9.53 Å². The van der Waals surface area contributed by atoms with Gasteiger partial charge in [0, 0.05) is 23.6 Å². The third kappa shape index (κ3) is 3.70. The molecule has 31 heavy (non-hydrogen) atoms. The van der Waals surface area contributed by atoms with Crippen LogP contribution in [0.3, 0.4) is 0 Å². The number of ether oxygens (including phenoxy) is 1.